The van der Waals surface area contributed by atoms with Crippen LogP contribution < -0.4 is 10.2 Å². The molecule has 0 saturated carbocycles. The molecule has 2 rings (SSSR count). The van der Waals surface area contributed by atoms with Crippen LogP contribution in [0.4, 0.5) is 11.4 Å². The molecule has 0 radical (unpaired) electrons. The second kappa shape index (κ2) is 6.58. The van der Waals surface area contributed by atoms with E-state index in [2.05, 4.69) is 10.1 Å². The van der Waals surface area contributed by atoms with E-state index in [4.69, 9.17) is 0 Å². The highest BCUT2D eigenvalue weighted by molar-refractivity contribution is 6.01. The van der Waals surface area contributed by atoms with Gasteiger partial charge >= 0.3 is 5.97 Å². The summed E-state index contributed by atoms with van der Waals surface area (Å²) in [7, 11) is 1.23. The Labute approximate surface area is 123 Å². The maximum absolute atomic E-state index is 11.9. The lowest BCUT2D eigenvalue weighted by molar-refractivity contribution is -0.149. The van der Waals surface area contributed by atoms with Gasteiger partial charge in [-0.15, -0.1) is 0 Å². The predicted octanol–water partition coefficient (Wildman–Crippen LogP) is 0.931. The number of carbonyl (C=O) groups excluding carboxylic acids is 2. The number of nitrogens with one attached hydrogen (secondary N) is 1. The summed E-state index contributed by atoms with van der Waals surface area (Å²) in [5.41, 5.74) is 2.68. The molecule has 21 heavy (non-hydrogen) atoms. The first-order valence-electron chi connectivity index (χ1n) is 6.99. The van der Waals surface area contributed by atoms with Gasteiger partial charge in [0.2, 0.25) is 5.91 Å². The Balaban J connectivity index is 2.04. The highest BCUT2D eigenvalue weighted by atomic mass is 16.5. The van der Waals surface area contributed by atoms with Crippen LogP contribution in [0.25, 0.3) is 0 Å². The fourth-order valence-corrected chi connectivity index (χ4v) is 2.40. The van der Waals surface area contributed by atoms with Crippen LogP contribution in [0.15, 0.2) is 18.2 Å². The number of benzene rings is 1. The van der Waals surface area contributed by atoms with Gasteiger partial charge in [0.25, 0.3) is 0 Å². The van der Waals surface area contributed by atoms with Crippen molar-refractivity contribution in [3.8, 4) is 0 Å². The molecule has 114 valence electrons. The second-order valence-corrected chi connectivity index (χ2v) is 4.99. The molecule has 0 spiro atoms. The Morgan fingerprint density at radius 1 is 1.52 bits per heavy atom. The van der Waals surface area contributed by atoms with Crippen LogP contribution in [-0.4, -0.2) is 43.3 Å². The summed E-state index contributed by atoms with van der Waals surface area (Å²) in [5.74, 6) is -0.563. The van der Waals surface area contributed by atoms with E-state index in [0.29, 0.717) is 6.42 Å². The largest absolute Gasteiger partial charge is 0.467 e. The number of aliphatic hydroxyl groups is 1. The quantitative estimate of drug-likeness (QED) is 0.763. The first-order valence-corrected chi connectivity index (χ1v) is 6.99. The molecule has 0 bridgehead atoms. The minimum absolute atomic E-state index is 0.0675. The molecule has 1 aromatic rings. The van der Waals surface area contributed by atoms with E-state index in [9.17, 15) is 14.7 Å². The van der Waals surface area contributed by atoms with Gasteiger partial charge in [-0.25, -0.2) is 4.79 Å². The molecule has 0 aliphatic carbocycles. The summed E-state index contributed by atoms with van der Waals surface area (Å²) in [6, 6.07) is 5.61. The van der Waals surface area contributed by atoms with Crippen molar-refractivity contribution in [2.75, 3.05) is 30.4 Å². The van der Waals surface area contributed by atoms with Crippen molar-refractivity contribution < 1.29 is 19.4 Å². The Morgan fingerprint density at radius 3 is 2.95 bits per heavy atom. The van der Waals surface area contributed by atoms with Gasteiger partial charge in [-0.3, -0.25) is 4.79 Å². The number of hydrogen-bond acceptors (Lipinski definition) is 5. The number of carbonyl (C=O) groups is 2. The van der Waals surface area contributed by atoms with Gasteiger partial charge in [-0.2, -0.15) is 0 Å². The molecule has 1 heterocycles. The van der Waals surface area contributed by atoms with Crippen LogP contribution in [0.2, 0.25) is 0 Å². The Bertz CT molecular complexity index is 544. The van der Waals surface area contributed by atoms with Crippen molar-refractivity contribution in [2.45, 2.75) is 25.9 Å². The lowest BCUT2D eigenvalue weighted by Crippen LogP contribution is -2.29. The van der Waals surface area contributed by atoms with E-state index in [1.807, 2.05) is 25.1 Å². The lowest BCUT2D eigenvalue weighted by atomic mass is 10.1. The topological polar surface area (TPSA) is 78.9 Å². The van der Waals surface area contributed by atoms with Crippen molar-refractivity contribution in [3.05, 3.63) is 23.8 Å². The molecule has 1 atom stereocenters. The van der Waals surface area contributed by atoms with Crippen LogP contribution in [0.5, 0.6) is 0 Å². The van der Waals surface area contributed by atoms with E-state index in [-0.39, 0.29) is 12.5 Å². The van der Waals surface area contributed by atoms with E-state index in [1.54, 1.807) is 4.90 Å². The van der Waals surface area contributed by atoms with Gasteiger partial charge in [0.1, 0.15) is 0 Å². The molecule has 6 nitrogen and oxygen atoms in total. The minimum atomic E-state index is -1.21. The molecule has 1 aromatic carbocycles. The molecule has 1 unspecified atom stereocenters. The standard InChI is InChI=1S/C15H20N2O4/c1-3-6-17-12-5-4-11(7-10(12)8-14(17)19)16-9-13(18)15(20)21-2/h4-5,7,13,16,18H,3,6,8-9H2,1-2H3. The van der Waals surface area contributed by atoms with Crippen LogP contribution in [0.3, 0.4) is 0 Å². The third-order valence-corrected chi connectivity index (χ3v) is 3.43. The zero-order chi connectivity index (χ0) is 15.4. The fraction of sp³-hybridized carbons (Fsp3) is 0.467. The van der Waals surface area contributed by atoms with Gasteiger partial charge < -0.3 is 20.1 Å². The second-order valence-electron chi connectivity index (χ2n) is 4.99. The summed E-state index contributed by atoms with van der Waals surface area (Å²) < 4.78 is 4.45. The number of anilines is 2. The highest BCUT2D eigenvalue weighted by Gasteiger charge is 2.26. The molecule has 0 aromatic heterocycles. The first-order chi connectivity index (χ1) is 10.1. The summed E-state index contributed by atoms with van der Waals surface area (Å²) in [6.45, 7) is 2.83. The van der Waals surface area contributed by atoms with E-state index in [1.165, 1.54) is 7.11 Å². The van der Waals surface area contributed by atoms with Crippen LogP contribution in [0.1, 0.15) is 18.9 Å². The SMILES string of the molecule is CCCN1C(=O)Cc2cc(NCC(O)C(=O)OC)ccc21. The molecular weight excluding hydrogens is 272 g/mol. The maximum Gasteiger partial charge on any atom is 0.336 e. The van der Waals surface area contributed by atoms with Gasteiger partial charge in [-0.05, 0) is 30.2 Å². The van der Waals surface area contributed by atoms with Crippen molar-refractivity contribution in [2.24, 2.45) is 0 Å². The number of aliphatic hydroxyl groups excluding tert-OH is 1. The third-order valence-electron chi connectivity index (χ3n) is 3.43. The summed E-state index contributed by atoms with van der Waals surface area (Å²) in [6.07, 6.45) is 0.0995. The number of amides is 1. The molecule has 1 aliphatic rings. The summed E-state index contributed by atoms with van der Waals surface area (Å²) in [4.78, 5) is 24.8. The maximum atomic E-state index is 11.9. The molecular formula is C15H20N2O4. The third kappa shape index (κ3) is 3.33. The van der Waals surface area contributed by atoms with Gasteiger partial charge in [0.05, 0.1) is 20.1 Å². The monoisotopic (exact) mass is 292 g/mol. The van der Waals surface area contributed by atoms with Crippen LogP contribution >= 0.6 is 0 Å². The van der Waals surface area contributed by atoms with E-state index in [0.717, 1.165) is 29.9 Å². The highest BCUT2D eigenvalue weighted by Crippen LogP contribution is 2.31. The van der Waals surface area contributed by atoms with Crippen molar-refractivity contribution in [3.63, 3.8) is 0 Å². The Kier molecular flexibility index (Phi) is 4.80. The molecule has 1 amide bonds. The smallest absolute Gasteiger partial charge is 0.336 e. The Morgan fingerprint density at radius 2 is 2.29 bits per heavy atom. The zero-order valence-electron chi connectivity index (χ0n) is 12.3. The van der Waals surface area contributed by atoms with Crippen LogP contribution in [-0.2, 0) is 20.7 Å². The zero-order valence-corrected chi connectivity index (χ0v) is 12.3. The Hall–Kier alpha value is -2.08. The molecule has 1 aliphatic heterocycles. The fourth-order valence-electron chi connectivity index (χ4n) is 2.40. The molecule has 6 heteroatoms. The number of fused-ring (bicyclic) bond motifs is 1. The molecule has 0 saturated heterocycles. The van der Waals surface area contributed by atoms with Crippen molar-refractivity contribution in [1.82, 2.24) is 0 Å². The average Bonchev–Trinajstić information content (AvgIpc) is 2.79. The van der Waals surface area contributed by atoms with E-state index >= 15 is 0 Å². The predicted molar refractivity (Wildman–Crippen MR) is 79.3 cm³/mol. The van der Waals surface area contributed by atoms with Crippen molar-refractivity contribution >= 4 is 23.3 Å². The average molecular weight is 292 g/mol. The number of methoxy groups -OCH3 is 1. The van der Waals surface area contributed by atoms with Gasteiger partial charge in [0.15, 0.2) is 6.10 Å². The summed E-state index contributed by atoms with van der Waals surface area (Å²) >= 11 is 0. The normalized spacial score (nSPS) is 14.8. The lowest BCUT2D eigenvalue weighted by Gasteiger charge is -2.17. The van der Waals surface area contributed by atoms with Crippen LogP contribution in [0, 0.1) is 0 Å². The number of nitrogens with zero attached hydrogens (tertiary/aromatic N) is 1. The molecule has 2 N–H and O–H groups in total. The summed E-state index contributed by atoms with van der Waals surface area (Å²) in [5, 5.41) is 12.5. The molecule has 0 fully saturated rings. The van der Waals surface area contributed by atoms with Gasteiger partial charge in [0, 0.05) is 17.9 Å². The van der Waals surface area contributed by atoms with Gasteiger partial charge in [-0.1, -0.05) is 6.92 Å². The number of rotatable bonds is 6. The first kappa shape index (κ1) is 15.3. The number of ether oxygens (including phenoxy) is 1. The minimum Gasteiger partial charge on any atom is -0.467 e. The number of hydrogen-bond donors (Lipinski definition) is 2. The van der Waals surface area contributed by atoms with E-state index < -0.39 is 12.1 Å². The van der Waals surface area contributed by atoms with Crippen molar-refractivity contribution in [1.29, 1.82) is 0 Å². The number of esters is 1.